The Morgan fingerprint density at radius 3 is 3.23 bits per heavy atom. The molecule has 1 atom stereocenters. The third-order valence-corrected chi connectivity index (χ3v) is 4.10. The maximum atomic E-state index is 3.30. The lowest BCUT2D eigenvalue weighted by molar-refractivity contribution is 0.532. The van der Waals surface area contributed by atoms with Gasteiger partial charge < -0.3 is 5.32 Å². The van der Waals surface area contributed by atoms with E-state index >= 15 is 0 Å². The van der Waals surface area contributed by atoms with Crippen molar-refractivity contribution in [3.8, 4) is 0 Å². The standard InChI is InChI=1S/C11H17NS/c1-8-7-13-10-5-3-4-9(6-12-2)11(8)10/h7,9,12H,3-6H2,1-2H3. The van der Waals surface area contributed by atoms with Crippen molar-refractivity contribution in [2.45, 2.75) is 32.1 Å². The van der Waals surface area contributed by atoms with Gasteiger partial charge in [0, 0.05) is 11.4 Å². The van der Waals surface area contributed by atoms with Crippen LogP contribution in [0.25, 0.3) is 0 Å². The molecule has 1 heterocycles. The molecule has 0 spiro atoms. The Labute approximate surface area is 84.2 Å². The van der Waals surface area contributed by atoms with Crippen molar-refractivity contribution in [1.29, 1.82) is 0 Å². The van der Waals surface area contributed by atoms with Crippen LogP contribution in [0.15, 0.2) is 5.38 Å². The Morgan fingerprint density at radius 2 is 2.46 bits per heavy atom. The second-order valence-electron chi connectivity index (χ2n) is 3.90. The first-order chi connectivity index (χ1) is 6.33. The van der Waals surface area contributed by atoms with Crippen molar-refractivity contribution in [3.05, 3.63) is 21.4 Å². The van der Waals surface area contributed by atoms with Crippen LogP contribution < -0.4 is 5.32 Å². The molecular weight excluding hydrogens is 178 g/mol. The van der Waals surface area contributed by atoms with E-state index in [1.807, 2.05) is 11.3 Å². The summed E-state index contributed by atoms with van der Waals surface area (Å²) in [4.78, 5) is 1.64. The Morgan fingerprint density at radius 1 is 1.62 bits per heavy atom. The summed E-state index contributed by atoms with van der Waals surface area (Å²) in [5, 5.41) is 5.62. The molecule has 1 aliphatic rings. The number of hydrogen-bond acceptors (Lipinski definition) is 2. The highest BCUT2D eigenvalue weighted by molar-refractivity contribution is 7.10. The van der Waals surface area contributed by atoms with Gasteiger partial charge >= 0.3 is 0 Å². The van der Waals surface area contributed by atoms with E-state index in [1.165, 1.54) is 24.8 Å². The minimum absolute atomic E-state index is 0.778. The van der Waals surface area contributed by atoms with Crippen LogP contribution in [0.3, 0.4) is 0 Å². The number of hydrogen-bond donors (Lipinski definition) is 1. The van der Waals surface area contributed by atoms with Gasteiger partial charge in [0.15, 0.2) is 0 Å². The maximum Gasteiger partial charge on any atom is 0.00832 e. The number of aryl methyl sites for hydroxylation is 2. The smallest absolute Gasteiger partial charge is 0.00832 e. The summed E-state index contributed by atoms with van der Waals surface area (Å²) < 4.78 is 0. The Balaban J connectivity index is 2.29. The third-order valence-electron chi connectivity index (χ3n) is 2.92. The molecule has 0 bridgehead atoms. The minimum Gasteiger partial charge on any atom is -0.319 e. The van der Waals surface area contributed by atoms with E-state index in [0.717, 1.165) is 12.5 Å². The number of thiophene rings is 1. The molecule has 1 aromatic heterocycles. The van der Waals surface area contributed by atoms with Crippen LogP contribution in [0.4, 0.5) is 0 Å². The summed E-state index contributed by atoms with van der Waals surface area (Å²) >= 11 is 1.95. The molecule has 0 aliphatic heterocycles. The van der Waals surface area contributed by atoms with E-state index in [-0.39, 0.29) is 0 Å². The first-order valence-electron chi connectivity index (χ1n) is 5.04. The lowest BCUT2D eigenvalue weighted by atomic mass is 9.85. The highest BCUT2D eigenvalue weighted by atomic mass is 32.1. The van der Waals surface area contributed by atoms with E-state index < -0.39 is 0 Å². The molecule has 1 unspecified atom stereocenters. The molecule has 0 amide bonds. The summed E-state index contributed by atoms with van der Waals surface area (Å²) in [5.41, 5.74) is 3.17. The molecule has 2 rings (SSSR count). The average Bonchev–Trinajstić information content (AvgIpc) is 2.50. The number of rotatable bonds is 2. The summed E-state index contributed by atoms with van der Waals surface area (Å²) in [6, 6.07) is 0. The largest absolute Gasteiger partial charge is 0.319 e. The zero-order valence-corrected chi connectivity index (χ0v) is 9.21. The predicted molar refractivity (Wildman–Crippen MR) is 58.7 cm³/mol. The molecule has 1 aromatic rings. The van der Waals surface area contributed by atoms with E-state index in [9.17, 15) is 0 Å². The fraction of sp³-hybridized carbons (Fsp3) is 0.636. The van der Waals surface area contributed by atoms with Gasteiger partial charge in [-0.25, -0.2) is 0 Å². The number of fused-ring (bicyclic) bond motifs is 1. The van der Waals surface area contributed by atoms with Crippen molar-refractivity contribution >= 4 is 11.3 Å². The van der Waals surface area contributed by atoms with E-state index in [2.05, 4.69) is 24.7 Å². The molecular formula is C11H17NS. The van der Waals surface area contributed by atoms with Crippen LogP contribution in [0.5, 0.6) is 0 Å². The molecule has 1 aliphatic carbocycles. The minimum atomic E-state index is 0.778. The van der Waals surface area contributed by atoms with Crippen molar-refractivity contribution in [2.75, 3.05) is 13.6 Å². The molecule has 2 heteroatoms. The zero-order valence-electron chi connectivity index (χ0n) is 8.39. The zero-order chi connectivity index (χ0) is 9.26. The predicted octanol–water partition coefficient (Wildman–Crippen LogP) is 2.70. The quantitative estimate of drug-likeness (QED) is 0.765. The van der Waals surface area contributed by atoms with Crippen LogP contribution in [0, 0.1) is 6.92 Å². The second-order valence-corrected chi connectivity index (χ2v) is 4.87. The molecule has 1 nitrogen and oxygen atoms in total. The molecule has 1 N–H and O–H groups in total. The van der Waals surface area contributed by atoms with Gasteiger partial charge in [0.05, 0.1) is 0 Å². The third kappa shape index (κ3) is 1.65. The second kappa shape index (κ2) is 3.81. The van der Waals surface area contributed by atoms with Crippen LogP contribution >= 0.6 is 11.3 Å². The SMILES string of the molecule is CNCC1CCCc2scc(C)c21. The summed E-state index contributed by atoms with van der Waals surface area (Å²) in [6.07, 6.45) is 4.05. The van der Waals surface area contributed by atoms with Gasteiger partial charge in [0.1, 0.15) is 0 Å². The molecule has 13 heavy (non-hydrogen) atoms. The topological polar surface area (TPSA) is 12.0 Å². The van der Waals surface area contributed by atoms with Crippen LogP contribution in [-0.2, 0) is 6.42 Å². The Bertz CT molecular complexity index is 290. The van der Waals surface area contributed by atoms with E-state index in [0.29, 0.717) is 0 Å². The van der Waals surface area contributed by atoms with Crippen LogP contribution in [0.1, 0.15) is 34.8 Å². The lowest BCUT2D eigenvalue weighted by Crippen LogP contribution is -2.20. The fourth-order valence-corrected chi connectivity index (χ4v) is 3.52. The summed E-state index contributed by atoms with van der Waals surface area (Å²) in [7, 11) is 2.05. The van der Waals surface area contributed by atoms with E-state index in [4.69, 9.17) is 0 Å². The lowest BCUT2D eigenvalue weighted by Gasteiger charge is -2.23. The molecule has 0 saturated carbocycles. The highest BCUT2D eigenvalue weighted by Crippen LogP contribution is 2.37. The number of nitrogens with one attached hydrogen (secondary N) is 1. The van der Waals surface area contributed by atoms with Crippen molar-refractivity contribution < 1.29 is 0 Å². The van der Waals surface area contributed by atoms with Gasteiger partial charge in [-0.05, 0) is 55.7 Å². The van der Waals surface area contributed by atoms with Crippen LogP contribution in [-0.4, -0.2) is 13.6 Å². The fourth-order valence-electron chi connectivity index (χ4n) is 2.35. The van der Waals surface area contributed by atoms with Gasteiger partial charge in [-0.15, -0.1) is 11.3 Å². The maximum absolute atomic E-state index is 3.30. The van der Waals surface area contributed by atoms with Gasteiger partial charge in [-0.3, -0.25) is 0 Å². The molecule has 0 fully saturated rings. The van der Waals surface area contributed by atoms with Crippen molar-refractivity contribution in [1.82, 2.24) is 5.32 Å². The van der Waals surface area contributed by atoms with Crippen molar-refractivity contribution in [3.63, 3.8) is 0 Å². The van der Waals surface area contributed by atoms with Gasteiger partial charge in [0.2, 0.25) is 0 Å². The number of likely N-dealkylation sites (N-methyl/N-ethyl adjacent to an activating group) is 1. The molecule has 0 aromatic carbocycles. The monoisotopic (exact) mass is 195 g/mol. The van der Waals surface area contributed by atoms with Gasteiger partial charge in [-0.1, -0.05) is 0 Å². The van der Waals surface area contributed by atoms with E-state index in [1.54, 1.807) is 10.4 Å². The Kier molecular flexibility index (Phi) is 2.70. The average molecular weight is 195 g/mol. The van der Waals surface area contributed by atoms with Gasteiger partial charge in [0.25, 0.3) is 0 Å². The Hall–Kier alpha value is -0.340. The first kappa shape index (κ1) is 9.22. The molecule has 0 radical (unpaired) electrons. The summed E-state index contributed by atoms with van der Waals surface area (Å²) in [5.74, 6) is 0.778. The normalized spacial score (nSPS) is 21.5. The molecule has 0 saturated heterocycles. The van der Waals surface area contributed by atoms with Crippen molar-refractivity contribution in [2.24, 2.45) is 0 Å². The first-order valence-corrected chi connectivity index (χ1v) is 5.92. The summed E-state index contributed by atoms with van der Waals surface area (Å²) in [6.45, 7) is 3.40. The highest BCUT2D eigenvalue weighted by Gasteiger charge is 2.22. The molecule has 72 valence electrons. The van der Waals surface area contributed by atoms with Gasteiger partial charge in [-0.2, -0.15) is 0 Å². The van der Waals surface area contributed by atoms with Crippen LogP contribution in [0.2, 0.25) is 0 Å².